The van der Waals surface area contributed by atoms with Crippen LogP contribution in [0.3, 0.4) is 0 Å². The molecule has 2 rings (SSSR count). The summed E-state index contributed by atoms with van der Waals surface area (Å²) in [6, 6.07) is 5.66. The molecule has 0 saturated heterocycles. The minimum atomic E-state index is -0.236. The first-order valence-electron chi connectivity index (χ1n) is 5.57. The SMILES string of the molecule is C[C@H](O)CCCc1nc2ccc(N)cc2[nH]1. The molecule has 1 aromatic carbocycles. The zero-order valence-corrected chi connectivity index (χ0v) is 9.40. The number of benzene rings is 1. The summed E-state index contributed by atoms with van der Waals surface area (Å²) in [4.78, 5) is 7.70. The Hall–Kier alpha value is -1.55. The van der Waals surface area contributed by atoms with E-state index in [9.17, 15) is 0 Å². The molecule has 1 heterocycles. The zero-order chi connectivity index (χ0) is 11.5. The molecule has 86 valence electrons. The number of nitrogens with one attached hydrogen (secondary N) is 1. The quantitative estimate of drug-likeness (QED) is 0.687. The van der Waals surface area contributed by atoms with Gasteiger partial charge in [-0.05, 0) is 38.0 Å². The predicted octanol–water partition coefficient (Wildman–Crippen LogP) is 1.85. The Morgan fingerprint density at radius 2 is 2.31 bits per heavy atom. The summed E-state index contributed by atoms with van der Waals surface area (Å²) in [6.45, 7) is 1.80. The van der Waals surface area contributed by atoms with Crippen molar-refractivity contribution >= 4 is 16.7 Å². The Morgan fingerprint density at radius 1 is 1.50 bits per heavy atom. The van der Waals surface area contributed by atoms with Crippen LogP contribution >= 0.6 is 0 Å². The molecule has 0 fully saturated rings. The topological polar surface area (TPSA) is 74.9 Å². The van der Waals surface area contributed by atoms with Crippen molar-refractivity contribution < 1.29 is 5.11 Å². The number of nitrogens with two attached hydrogens (primary N) is 1. The molecule has 0 aliphatic rings. The van der Waals surface area contributed by atoms with Gasteiger partial charge in [0, 0.05) is 12.1 Å². The van der Waals surface area contributed by atoms with E-state index in [2.05, 4.69) is 9.97 Å². The Morgan fingerprint density at radius 3 is 3.06 bits per heavy atom. The third-order valence-corrected chi connectivity index (χ3v) is 2.59. The second kappa shape index (κ2) is 4.53. The largest absolute Gasteiger partial charge is 0.399 e. The van der Waals surface area contributed by atoms with Gasteiger partial charge < -0.3 is 15.8 Å². The number of fused-ring (bicyclic) bond motifs is 1. The van der Waals surface area contributed by atoms with E-state index < -0.39 is 0 Å². The van der Waals surface area contributed by atoms with Gasteiger partial charge in [0.1, 0.15) is 5.82 Å². The summed E-state index contributed by atoms with van der Waals surface area (Å²) in [5.74, 6) is 0.959. The number of aromatic amines is 1. The summed E-state index contributed by atoms with van der Waals surface area (Å²) in [7, 11) is 0. The summed E-state index contributed by atoms with van der Waals surface area (Å²) in [6.07, 6.45) is 2.37. The van der Waals surface area contributed by atoms with Gasteiger partial charge in [-0.3, -0.25) is 0 Å². The molecule has 0 aliphatic carbocycles. The van der Waals surface area contributed by atoms with Crippen molar-refractivity contribution in [3.05, 3.63) is 24.0 Å². The lowest BCUT2D eigenvalue weighted by atomic mass is 10.2. The van der Waals surface area contributed by atoms with Crippen molar-refractivity contribution in [1.82, 2.24) is 9.97 Å². The lowest BCUT2D eigenvalue weighted by Gasteiger charge is -2.00. The number of hydrogen-bond acceptors (Lipinski definition) is 3. The number of nitrogens with zero attached hydrogens (tertiary/aromatic N) is 1. The van der Waals surface area contributed by atoms with Crippen LogP contribution in [0.2, 0.25) is 0 Å². The second-order valence-corrected chi connectivity index (χ2v) is 4.20. The molecular formula is C12H17N3O. The normalized spacial score (nSPS) is 13.1. The van der Waals surface area contributed by atoms with Crippen molar-refractivity contribution in [2.24, 2.45) is 0 Å². The molecule has 0 radical (unpaired) electrons. The highest BCUT2D eigenvalue weighted by Crippen LogP contribution is 2.16. The van der Waals surface area contributed by atoms with Crippen molar-refractivity contribution in [1.29, 1.82) is 0 Å². The van der Waals surface area contributed by atoms with Crippen LogP contribution in [0.4, 0.5) is 5.69 Å². The van der Waals surface area contributed by atoms with Crippen molar-refractivity contribution in [2.45, 2.75) is 32.3 Å². The third-order valence-electron chi connectivity index (χ3n) is 2.59. The molecule has 0 saturated carbocycles. The first kappa shape index (κ1) is 11.0. The van der Waals surface area contributed by atoms with Crippen LogP contribution in [0.1, 0.15) is 25.6 Å². The van der Waals surface area contributed by atoms with E-state index in [1.54, 1.807) is 6.92 Å². The monoisotopic (exact) mass is 219 g/mol. The van der Waals surface area contributed by atoms with E-state index >= 15 is 0 Å². The molecule has 0 spiro atoms. The van der Waals surface area contributed by atoms with Crippen molar-refractivity contribution in [2.75, 3.05) is 5.73 Å². The zero-order valence-electron chi connectivity index (χ0n) is 9.40. The standard InChI is InChI=1S/C12H17N3O/c1-8(16)3-2-4-12-14-10-6-5-9(13)7-11(10)15-12/h5-8,16H,2-4,13H2,1H3,(H,14,15)/t8-/m0/s1. The predicted molar refractivity (Wildman–Crippen MR) is 65.1 cm³/mol. The van der Waals surface area contributed by atoms with Gasteiger partial charge in [-0.15, -0.1) is 0 Å². The number of aliphatic hydroxyl groups excluding tert-OH is 1. The van der Waals surface area contributed by atoms with Gasteiger partial charge in [-0.1, -0.05) is 0 Å². The lowest BCUT2D eigenvalue weighted by Crippen LogP contribution is -2.00. The first-order valence-corrected chi connectivity index (χ1v) is 5.57. The Bertz CT molecular complexity index is 476. The molecule has 0 aliphatic heterocycles. The number of rotatable bonds is 4. The number of aromatic nitrogens is 2. The van der Waals surface area contributed by atoms with E-state index in [1.807, 2.05) is 18.2 Å². The highest BCUT2D eigenvalue weighted by atomic mass is 16.3. The second-order valence-electron chi connectivity index (χ2n) is 4.20. The average Bonchev–Trinajstić information content (AvgIpc) is 2.58. The number of H-pyrrole nitrogens is 1. The maximum atomic E-state index is 9.16. The summed E-state index contributed by atoms with van der Waals surface area (Å²) in [5.41, 5.74) is 8.36. The number of aryl methyl sites for hydroxylation is 1. The average molecular weight is 219 g/mol. The number of nitrogen functional groups attached to an aromatic ring is 1. The van der Waals surface area contributed by atoms with E-state index in [1.165, 1.54) is 0 Å². The Labute approximate surface area is 94.5 Å². The van der Waals surface area contributed by atoms with E-state index in [0.29, 0.717) is 0 Å². The summed E-state index contributed by atoms with van der Waals surface area (Å²) >= 11 is 0. The molecule has 4 heteroatoms. The van der Waals surface area contributed by atoms with Crippen molar-refractivity contribution in [3.8, 4) is 0 Å². The number of anilines is 1. The van der Waals surface area contributed by atoms with Gasteiger partial charge in [0.15, 0.2) is 0 Å². The van der Waals surface area contributed by atoms with Gasteiger partial charge in [-0.2, -0.15) is 0 Å². The van der Waals surface area contributed by atoms with Gasteiger partial charge in [0.2, 0.25) is 0 Å². The summed E-state index contributed by atoms with van der Waals surface area (Å²) in [5, 5.41) is 9.16. The van der Waals surface area contributed by atoms with Gasteiger partial charge in [0.05, 0.1) is 17.1 Å². The molecule has 16 heavy (non-hydrogen) atoms. The van der Waals surface area contributed by atoms with Crippen LogP contribution < -0.4 is 5.73 Å². The highest BCUT2D eigenvalue weighted by molar-refractivity contribution is 5.78. The van der Waals surface area contributed by atoms with Crippen molar-refractivity contribution in [3.63, 3.8) is 0 Å². The number of hydrogen-bond donors (Lipinski definition) is 3. The molecule has 4 nitrogen and oxygen atoms in total. The molecule has 1 aromatic heterocycles. The smallest absolute Gasteiger partial charge is 0.107 e. The Balaban J connectivity index is 2.08. The fourth-order valence-corrected chi connectivity index (χ4v) is 1.76. The maximum Gasteiger partial charge on any atom is 0.107 e. The third kappa shape index (κ3) is 2.52. The molecule has 2 aromatic rings. The van der Waals surface area contributed by atoms with E-state index in [4.69, 9.17) is 10.8 Å². The number of aliphatic hydroxyl groups is 1. The molecule has 0 amide bonds. The van der Waals surface area contributed by atoms with Crippen LogP contribution in [-0.2, 0) is 6.42 Å². The molecule has 1 atom stereocenters. The van der Waals surface area contributed by atoms with E-state index in [0.717, 1.165) is 41.8 Å². The minimum absolute atomic E-state index is 0.236. The van der Waals surface area contributed by atoms with Crippen LogP contribution in [0.15, 0.2) is 18.2 Å². The minimum Gasteiger partial charge on any atom is -0.399 e. The van der Waals surface area contributed by atoms with E-state index in [-0.39, 0.29) is 6.10 Å². The number of imidazole rings is 1. The lowest BCUT2D eigenvalue weighted by molar-refractivity contribution is 0.181. The molecule has 0 unspecified atom stereocenters. The maximum absolute atomic E-state index is 9.16. The fourth-order valence-electron chi connectivity index (χ4n) is 1.76. The molecule has 0 bridgehead atoms. The van der Waals surface area contributed by atoms with Crippen LogP contribution in [0.5, 0.6) is 0 Å². The van der Waals surface area contributed by atoms with Crippen LogP contribution in [-0.4, -0.2) is 21.2 Å². The molecular weight excluding hydrogens is 202 g/mol. The van der Waals surface area contributed by atoms with Crippen LogP contribution in [0.25, 0.3) is 11.0 Å². The highest BCUT2D eigenvalue weighted by Gasteiger charge is 2.03. The van der Waals surface area contributed by atoms with Gasteiger partial charge >= 0.3 is 0 Å². The van der Waals surface area contributed by atoms with Crippen LogP contribution in [0, 0.1) is 0 Å². The first-order chi connectivity index (χ1) is 7.65. The Kier molecular flexibility index (Phi) is 3.10. The van der Waals surface area contributed by atoms with Gasteiger partial charge in [-0.25, -0.2) is 4.98 Å². The van der Waals surface area contributed by atoms with Gasteiger partial charge in [0.25, 0.3) is 0 Å². The fraction of sp³-hybridized carbons (Fsp3) is 0.417. The summed E-state index contributed by atoms with van der Waals surface area (Å²) < 4.78 is 0. The molecule has 4 N–H and O–H groups in total.